The third-order valence-electron chi connectivity index (χ3n) is 3.42. The summed E-state index contributed by atoms with van der Waals surface area (Å²) in [7, 11) is 1.89. The second-order valence-electron chi connectivity index (χ2n) is 4.95. The third-order valence-corrected chi connectivity index (χ3v) is 3.42. The smallest absolute Gasteiger partial charge is 0.113 e. The van der Waals surface area contributed by atoms with Crippen molar-refractivity contribution in [3.05, 3.63) is 59.2 Å². The van der Waals surface area contributed by atoms with Crippen molar-refractivity contribution >= 4 is 11.0 Å². The molecule has 5 nitrogen and oxygen atoms in total. The van der Waals surface area contributed by atoms with E-state index in [1.165, 1.54) is 5.56 Å². The zero-order valence-corrected chi connectivity index (χ0v) is 11.7. The number of nitrogens with zero attached hydrogens (tertiary/aromatic N) is 4. The van der Waals surface area contributed by atoms with E-state index in [0.29, 0.717) is 5.56 Å². The average molecular weight is 277 g/mol. The summed E-state index contributed by atoms with van der Waals surface area (Å²) in [6, 6.07) is 15.9. The van der Waals surface area contributed by atoms with Gasteiger partial charge in [0.2, 0.25) is 0 Å². The van der Waals surface area contributed by atoms with Gasteiger partial charge in [-0.25, -0.2) is 4.68 Å². The van der Waals surface area contributed by atoms with Gasteiger partial charge >= 0.3 is 0 Å². The zero-order valence-electron chi connectivity index (χ0n) is 11.7. The highest BCUT2D eigenvalue weighted by Gasteiger charge is 2.02. The Kier molecular flexibility index (Phi) is 3.63. The van der Waals surface area contributed by atoms with Crippen molar-refractivity contribution in [2.45, 2.75) is 13.1 Å². The van der Waals surface area contributed by atoms with Crippen LogP contribution in [0.3, 0.4) is 0 Å². The van der Waals surface area contributed by atoms with E-state index in [2.05, 4.69) is 27.8 Å². The first-order valence-corrected chi connectivity index (χ1v) is 6.74. The lowest BCUT2D eigenvalue weighted by Gasteiger charge is -2.05. The minimum atomic E-state index is 0.687. The van der Waals surface area contributed by atoms with Crippen LogP contribution in [0.2, 0.25) is 0 Å². The molecule has 1 aromatic heterocycles. The topological polar surface area (TPSA) is 66.5 Å². The summed E-state index contributed by atoms with van der Waals surface area (Å²) in [5.74, 6) is 0. The molecule has 0 aliphatic carbocycles. The van der Waals surface area contributed by atoms with Crippen LogP contribution in [0.25, 0.3) is 11.0 Å². The van der Waals surface area contributed by atoms with E-state index in [1.807, 2.05) is 43.4 Å². The van der Waals surface area contributed by atoms with Gasteiger partial charge < -0.3 is 5.32 Å². The number of rotatable bonds is 4. The molecule has 0 saturated carbocycles. The number of hydrogen-bond donors (Lipinski definition) is 1. The summed E-state index contributed by atoms with van der Waals surface area (Å²) in [4.78, 5) is 0. The predicted octanol–water partition coefficient (Wildman–Crippen LogP) is 2.13. The van der Waals surface area contributed by atoms with Crippen molar-refractivity contribution in [1.82, 2.24) is 20.3 Å². The summed E-state index contributed by atoms with van der Waals surface area (Å²) in [5, 5.41) is 20.3. The molecular formula is C16H15N5. The molecule has 5 heteroatoms. The highest BCUT2D eigenvalue weighted by molar-refractivity contribution is 5.74. The van der Waals surface area contributed by atoms with E-state index < -0.39 is 0 Å². The molecule has 0 atom stereocenters. The zero-order chi connectivity index (χ0) is 14.7. The maximum absolute atomic E-state index is 8.76. The maximum atomic E-state index is 8.76. The minimum absolute atomic E-state index is 0.687. The number of aromatic nitrogens is 3. The summed E-state index contributed by atoms with van der Waals surface area (Å²) in [5.41, 5.74) is 4.97. The van der Waals surface area contributed by atoms with Crippen LogP contribution in [0, 0.1) is 11.3 Å². The molecule has 0 saturated heterocycles. The average Bonchev–Trinajstić information content (AvgIpc) is 2.89. The van der Waals surface area contributed by atoms with Gasteiger partial charge in [-0.15, -0.1) is 5.10 Å². The Balaban J connectivity index is 1.62. The van der Waals surface area contributed by atoms with Crippen LogP contribution in [-0.2, 0) is 20.1 Å². The van der Waals surface area contributed by atoms with Crippen molar-refractivity contribution in [3.8, 4) is 6.07 Å². The Labute approximate surface area is 122 Å². The van der Waals surface area contributed by atoms with Crippen LogP contribution in [0.15, 0.2) is 42.5 Å². The summed E-state index contributed by atoms with van der Waals surface area (Å²) < 4.78 is 1.77. The van der Waals surface area contributed by atoms with Crippen molar-refractivity contribution in [2.24, 2.45) is 7.05 Å². The lowest BCUT2D eigenvalue weighted by molar-refractivity contribution is 0.694. The molecule has 0 unspecified atom stereocenters. The van der Waals surface area contributed by atoms with Crippen molar-refractivity contribution in [2.75, 3.05) is 0 Å². The quantitative estimate of drug-likeness (QED) is 0.793. The number of fused-ring (bicyclic) bond motifs is 1. The Morgan fingerprint density at radius 2 is 1.81 bits per heavy atom. The number of aryl methyl sites for hydroxylation is 1. The Bertz CT molecular complexity index is 796. The van der Waals surface area contributed by atoms with Crippen LogP contribution in [0.5, 0.6) is 0 Å². The van der Waals surface area contributed by atoms with Crippen LogP contribution < -0.4 is 5.32 Å². The molecule has 0 spiro atoms. The third kappa shape index (κ3) is 2.91. The van der Waals surface area contributed by atoms with Crippen LogP contribution in [-0.4, -0.2) is 15.0 Å². The van der Waals surface area contributed by atoms with Crippen LogP contribution in [0.4, 0.5) is 0 Å². The van der Waals surface area contributed by atoms with Gasteiger partial charge in [0.25, 0.3) is 0 Å². The fourth-order valence-corrected chi connectivity index (χ4v) is 2.24. The SMILES string of the molecule is Cn1nnc2cc(CNCc3ccc(C#N)cc3)ccc21. The van der Waals surface area contributed by atoms with Gasteiger partial charge in [0.1, 0.15) is 5.52 Å². The largest absolute Gasteiger partial charge is 0.309 e. The molecule has 0 amide bonds. The summed E-state index contributed by atoms with van der Waals surface area (Å²) in [6.45, 7) is 1.54. The van der Waals surface area contributed by atoms with Gasteiger partial charge in [-0.05, 0) is 35.4 Å². The molecule has 2 aromatic carbocycles. The van der Waals surface area contributed by atoms with Gasteiger partial charge in [-0.2, -0.15) is 5.26 Å². The Morgan fingerprint density at radius 1 is 1.10 bits per heavy atom. The first-order valence-electron chi connectivity index (χ1n) is 6.74. The molecule has 0 aliphatic rings. The van der Waals surface area contributed by atoms with Gasteiger partial charge in [0.05, 0.1) is 17.1 Å². The fraction of sp³-hybridized carbons (Fsp3) is 0.188. The van der Waals surface area contributed by atoms with Crippen molar-refractivity contribution in [1.29, 1.82) is 5.26 Å². The first-order chi connectivity index (χ1) is 10.3. The summed E-state index contributed by atoms with van der Waals surface area (Å²) >= 11 is 0. The highest BCUT2D eigenvalue weighted by atomic mass is 15.4. The van der Waals surface area contributed by atoms with E-state index in [9.17, 15) is 0 Å². The Hall–Kier alpha value is -2.71. The van der Waals surface area contributed by atoms with Gasteiger partial charge in [-0.1, -0.05) is 23.4 Å². The van der Waals surface area contributed by atoms with E-state index in [-0.39, 0.29) is 0 Å². The van der Waals surface area contributed by atoms with Crippen LogP contribution >= 0.6 is 0 Å². The van der Waals surface area contributed by atoms with Crippen LogP contribution in [0.1, 0.15) is 16.7 Å². The predicted molar refractivity (Wildman–Crippen MR) is 80.2 cm³/mol. The van der Waals surface area contributed by atoms with E-state index in [0.717, 1.165) is 29.7 Å². The number of nitriles is 1. The molecular weight excluding hydrogens is 262 g/mol. The lowest BCUT2D eigenvalue weighted by Crippen LogP contribution is -2.12. The second-order valence-corrected chi connectivity index (χ2v) is 4.95. The highest BCUT2D eigenvalue weighted by Crippen LogP contribution is 2.12. The Morgan fingerprint density at radius 3 is 2.57 bits per heavy atom. The van der Waals surface area contributed by atoms with E-state index in [1.54, 1.807) is 4.68 Å². The molecule has 21 heavy (non-hydrogen) atoms. The second kappa shape index (κ2) is 5.73. The van der Waals surface area contributed by atoms with E-state index >= 15 is 0 Å². The monoisotopic (exact) mass is 277 g/mol. The van der Waals surface area contributed by atoms with Gasteiger partial charge in [0, 0.05) is 20.1 Å². The molecule has 0 bridgehead atoms. The molecule has 1 heterocycles. The number of benzene rings is 2. The molecule has 3 rings (SSSR count). The van der Waals surface area contributed by atoms with Crippen molar-refractivity contribution < 1.29 is 0 Å². The molecule has 0 fully saturated rings. The van der Waals surface area contributed by atoms with E-state index in [4.69, 9.17) is 5.26 Å². The fourth-order valence-electron chi connectivity index (χ4n) is 2.24. The number of nitrogens with one attached hydrogen (secondary N) is 1. The molecule has 3 aromatic rings. The number of hydrogen-bond acceptors (Lipinski definition) is 4. The normalized spacial score (nSPS) is 10.7. The van der Waals surface area contributed by atoms with Crippen molar-refractivity contribution in [3.63, 3.8) is 0 Å². The van der Waals surface area contributed by atoms with Gasteiger partial charge in [-0.3, -0.25) is 0 Å². The first kappa shape index (κ1) is 13.3. The van der Waals surface area contributed by atoms with Gasteiger partial charge in [0.15, 0.2) is 0 Å². The minimum Gasteiger partial charge on any atom is -0.309 e. The molecule has 1 N–H and O–H groups in total. The standard InChI is InChI=1S/C16H15N5/c1-21-16-7-6-14(8-15(16)19-20-21)11-18-10-13-4-2-12(9-17)3-5-13/h2-8,18H,10-11H2,1H3. The molecule has 0 aliphatic heterocycles. The lowest BCUT2D eigenvalue weighted by atomic mass is 10.1. The molecule has 104 valence electrons. The maximum Gasteiger partial charge on any atom is 0.113 e. The molecule has 0 radical (unpaired) electrons. The summed E-state index contributed by atoms with van der Waals surface area (Å²) in [6.07, 6.45) is 0.